The van der Waals surface area contributed by atoms with E-state index in [0.717, 1.165) is 11.1 Å². The van der Waals surface area contributed by atoms with E-state index >= 15 is 0 Å². The molecule has 42 heavy (non-hydrogen) atoms. The van der Waals surface area contributed by atoms with Gasteiger partial charge in [0.1, 0.15) is 12.6 Å². The lowest BCUT2D eigenvalue weighted by Crippen LogP contribution is -2.46. The van der Waals surface area contributed by atoms with E-state index in [1.165, 1.54) is 16.9 Å². The van der Waals surface area contributed by atoms with Crippen molar-refractivity contribution in [2.75, 3.05) is 6.61 Å². The van der Waals surface area contributed by atoms with E-state index in [2.05, 4.69) is 10.4 Å². The number of aromatic nitrogens is 2. The second-order valence-corrected chi connectivity index (χ2v) is 10.7. The van der Waals surface area contributed by atoms with Crippen LogP contribution in [0.5, 0.6) is 5.75 Å². The first-order valence-corrected chi connectivity index (χ1v) is 13.2. The normalized spacial score (nSPS) is 12.8. The maximum absolute atomic E-state index is 13.9. The molecular weight excluding hydrogens is 555 g/mol. The summed E-state index contributed by atoms with van der Waals surface area (Å²) in [5.74, 6) is -9.87. The molecule has 2 atom stereocenters. The third kappa shape index (κ3) is 7.62. The van der Waals surface area contributed by atoms with Crippen molar-refractivity contribution in [2.45, 2.75) is 64.5 Å². The lowest BCUT2D eigenvalue weighted by molar-refractivity contribution is -0.140. The Morgan fingerprint density at radius 3 is 2.36 bits per heavy atom. The Morgan fingerprint density at radius 2 is 1.71 bits per heavy atom. The van der Waals surface area contributed by atoms with Gasteiger partial charge in [0.25, 0.3) is 5.56 Å². The van der Waals surface area contributed by atoms with Gasteiger partial charge in [-0.05, 0) is 41.2 Å². The summed E-state index contributed by atoms with van der Waals surface area (Å²) in [4.78, 5) is 50.9. The highest BCUT2D eigenvalue weighted by atomic mass is 19.2. The zero-order chi connectivity index (χ0) is 31.2. The van der Waals surface area contributed by atoms with E-state index in [0.29, 0.717) is 12.1 Å². The highest BCUT2D eigenvalue weighted by molar-refractivity contribution is 5.94. The predicted molar refractivity (Wildman–Crippen MR) is 147 cm³/mol. The number of nitrogens with one attached hydrogen (secondary N) is 1. The third-order valence-electron chi connectivity index (χ3n) is 6.63. The molecule has 0 saturated carbocycles. The van der Waals surface area contributed by atoms with Crippen LogP contribution in [0.4, 0.5) is 13.2 Å². The summed E-state index contributed by atoms with van der Waals surface area (Å²) in [6, 6.07) is 8.46. The van der Waals surface area contributed by atoms with Crippen molar-refractivity contribution in [1.82, 2.24) is 15.1 Å². The molecule has 0 radical (unpaired) electrons. The van der Waals surface area contributed by atoms with Crippen molar-refractivity contribution in [1.29, 1.82) is 0 Å². The molecule has 0 spiro atoms. The molecule has 1 heterocycles. The maximum atomic E-state index is 13.9. The first-order valence-electron chi connectivity index (χ1n) is 13.2. The van der Waals surface area contributed by atoms with Crippen LogP contribution in [0.1, 0.15) is 63.1 Å². The molecule has 3 rings (SSSR count). The van der Waals surface area contributed by atoms with Crippen LogP contribution in [0, 0.1) is 17.5 Å². The van der Waals surface area contributed by atoms with Gasteiger partial charge in [-0.25, -0.2) is 13.5 Å². The van der Waals surface area contributed by atoms with Crippen molar-refractivity contribution in [2.24, 2.45) is 0 Å². The van der Waals surface area contributed by atoms with E-state index in [1.54, 1.807) is 6.92 Å². The smallest absolute Gasteiger partial charge is 0.305 e. The average Bonchev–Trinajstić information content (AvgIpc) is 2.92. The zero-order valence-corrected chi connectivity index (χ0v) is 23.6. The molecule has 0 aliphatic rings. The minimum absolute atomic E-state index is 0.0833. The van der Waals surface area contributed by atoms with Gasteiger partial charge in [-0.2, -0.15) is 9.49 Å². The molecule has 0 aliphatic carbocycles. The Bertz CT molecular complexity index is 1530. The quantitative estimate of drug-likeness (QED) is 0.306. The van der Waals surface area contributed by atoms with Gasteiger partial charge in [0.2, 0.25) is 11.7 Å². The molecule has 2 N–H and O–H groups in total. The molecule has 2 aromatic carbocycles. The Morgan fingerprint density at radius 1 is 1.05 bits per heavy atom. The number of amides is 1. The second-order valence-electron chi connectivity index (χ2n) is 10.7. The molecule has 0 fully saturated rings. The van der Waals surface area contributed by atoms with Crippen LogP contribution in [-0.2, 0) is 26.3 Å². The van der Waals surface area contributed by atoms with E-state index in [4.69, 9.17) is 4.74 Å². The maximum Gasteiger partial charge on any atom is 0.305 e. The molecule has 1 amide bonds. The minimum Gasteiger partial charge on any atom is -0.481 e. The molecule has 1 aromatic heterocycles. The molecular formula is C30H32F3N3O6. The van der Waals surface area contributed by atoms with E-state index in [-0.39, 0.29) is 23.9 Å². The molecule has 0 bridgehead atoms. The fraction of sp³-hybridized carbons (Fsp3) is 0.367. The summed E-state index contributed by atoms with van der Waals surface area (Å²) in [7, 11) is 0. The monoisotopic (exact) mass is 587 g/mol. The number of Topliss-reactive ketones (excluding diaryl/α,β-unsaturated/α-hetero) is 1. The number of carbonyl (C=O) groups is 3. The number of carboxylic acids is 1. The van der Waals surface area contributed by atoms with E-state index < -0.39 is 71.4 Å². The van der Waals surface area contributed by atoms with Crippen molar-refractivity contribution in [3.63, 3.8) is 0 Å². The van der Waals surface area contributed by atoms with Gasteiger partial charge in [-0.1, -0.05) is 52.0 Å². The number of aliphatic carboxylic acids is 1. The summed E-state index contributed by atoms with van der Waals surface area (Å²) in [5.41, 5.74) is 1.23. The van der Waals surface area contributed by atoms with Crippen LogP contribution in [0.15, 0.2) is 53.5 Å². The van der Waals surface area contributed by atoms with Crippen LogP contribution in [0.25, 0.3) is 0 Å². The fourth-order valence-corrected chi connectivity index (χ4v) is 4.52. The molecule has 0 aliphatic heterocycles. The van der Waals surface area contributed by atoms with Crippen LogP contribution >= 0.6 is 0 Å². The minimum atomic E-state index is -1.66. The van der Waals surface area contributed by atoms with Crippen LogP contribution in [0.3, 0.4) is 0 Å². The lowest BCUT2D eigenvalue weighted by Gasteiger charge is -2.23. The van der Waals surface area contributed by atoms with Crippen molar-refractivity contribution < 1.29 is 37.4 Å². The highest BCUT2D eigenvalue weighted by Gasteiger charge is 2.30. The average molecular weight is 588 g/mol. The van der Waals surface area contributed by atoms with Crippen molar-refractivity contribution >= 4 is 17.7 Å². The first kappa shape index (κ1) is 32.0. The zero-order valence-electron chi connectivity index (χ0n) is 23.6. The van der Waals surface area contributed by atoms with Gasteiger partial charge >= 0.3 is 5.97 Å². The van der Waals surface area contributed by atoms with Crippen LogP contribution in [0.2, 0.25) is 0 Å². The number of hydrogen-bond acceptors (Lipinski definition) is 6. The number of carboxylic acid groups (broad SMARTS) is 1. The molecule has 12 heteroatoms. The number of ketones is 1. The van der Waals surface area contributed by atoms with Gasteiger partial charge in [0.05, 0.1) is 18.9 Å². The van der Waals surface area contributed by atoms with Crippen LogP contribution in [-0.4, -0.2) is 45.2 Å². The number of hydrogen-bond donors (Lipinski definition) is 2. The molecule has 0 saturated heterocycles. The Labute approximate surface area is 240 Å². The Balaban J connectivity index is 1.83. The SMILES string of the molecule is CC[C@H](C(=O)N[C@@H](CC(=O)O)C(=O)COc1c(F)ccc(F)c1F)c1ccnn(Cc2ccccc2C(C)(C)C)c1=O. The number of benzene rings is 2. The standard InChI is InChI=1S/C30H32F3N3O6/c1-5-18(19-12-13-34-36(29(19)41)15-17-8-6-7-9-20(17)30(2,3)4)28(40)35-23(14-25(38)39)24(37)16-42-27-22(32)11-10-21(31)26(27)33/h6-13,18,23H,5,14-16H2,1-4H3,(H,35,40)(H,38,39)/t18-,23-/m0/s1. The highest BCUT2D eigenvalue weighted by Crippen LogP contribution is 2.26. The largest absolute Gasteiger partial charge is 0.481 e. The second kappa shape index (κ2) is 13.5. The van der Waals surface area contributed by atoms with Gasteiger partial charge in [-0.15, -0.1) is 0 Å². The first-order chi connectivity index (χ1) is 19.7. The lowest BCUT2D eigenvalue weighted by atomic mass is 9.84. The van der Waals surface area contributed by atoms with Crippen molar-refractivity contribution in [3.05, 3.63) is 93.2 Å². The van der Waals surface area contributed by atoms with Crippen molar-refractivity contribution in [3.8, 4) is 5.75 Å². The van der Waals surface area contributed by atoms with E-state index in [1.807, 2.05) is 45.0 Å². The number of carbonyl (C=O) groups excluding carboxylic acids is 2. The number of halogens is 3. The summed E-state index contributed by atoms with van der Waals surface area (Å²) in [6.07, 6.45) is 0.624. The van der Waals surface area contributed by atoms with Gasteiger partial charge < -0.3 is 15.2 Å². The Hall–Kier alpha value is -4.48. The molecule has 9 nitrogen and oxygen atoms in total. The van der Waals surface area contributed by atoms with E-state index in [9.17, 15) is 37.5 Å². The van der Waals surface area contributed by atoms with Gasteiger partial charge in [-0.3, -0.25) is 19.2 Å². The summed E-state index contributed by atoms with van der Waals surface area (Å²) < 4.78 is 47.3. The third-order valence-corrected chi connectivity index (χ3v) is 6.63. The number of nitrogens with zero attached hydrogens (tertiary/aromatic N) is 2. The molecule has 3 aromatic rings. The topological polar surface area (TPSA) is 128 Å². The number of rotatable bonds is 12. The number of ether oxygens (including phenoxy) is 1. The summed E-state index contributed by atoms with van der Waals surface area (Å²) in [6.45, 7) is 6.85. The fourth-order valence-electron chi connectivity index (χ4n) is 4.52. The van der Waals surface area contributed by atoms with Gasteiger partial charge in [0, 0.05) is 11.8 Å². The Kier molecular flexibility index (Phi) is 10.3. The molecule has 0 unspecified atom stereocenters. The summed E-state index contributed by atoms with van der Waals surface area (Å²) in [5, 5.41) is 15.8. The predicted octanol–water partition coefficient (Wildman–Crippen LogP) is 4.11. The van der Waals surface area contributed by atoms with Gasteiger partial charge in [0.15, 0.2) is 23.2 Å². The molecule has 224 valence electrons. The van der Waals surface area contributed by atoms with Crippen LogP contribution < -0.4 is 15.6 Å². The summed E-state index contributed by atoms with van der Waals surface area (Å²) >= 11 is 0.